The van der Waals surface area contributed by atoms with E-state index in [1.165, 1.54) is 27.4 Å². The van der Waals surface area contributed by atoms with Crippen molar-refractivity contribution in [2.45, 2.75) is 16.3 Å². The maximum atomic E-state index is 13.1. The maximum Gasteiger partial charge on any atom is 0.333 e. The van der Waals surface area contributed by atoms with Crippen molar-refractivity contribution in [3.05, 3.63) is 75.7 Å². The molecule has 34 heavy (non-hydrogen) atoms. The first kappa shape index (κ1) is 21.7. The van der Waals surface area contributed by atoms with Gasteiger partial charge in [-0.05, 0) is 24.3 Å². The summed E-state index contributed by atoms with van der Waals surface area (Å²) in [7, 11) is 3.08. The number of para-hydroxylation sites is 2. The molecule has 0 aliphatic carbocycles. The lowest BCUT2D eigenvalue weighted by Gasteiger charge is -2.30. The molecule has 3 heterocycles. The van der Waals surface area contributed by atoms with Crippen molar-refractivity contribution in [1.29, 1.82) is 0 Å². The maximum absolute atomic E-state index is 13.1. The summed E-state index contributed by atoms with van der Waals surface area (Å²) in [5.41, 5.74) is 0.438. The Balaban J connectivity index is 1.38. The number of aromatic nitrogens is 4. The van der Waals surface area contributed by atoms with Gasteiger partial charge in [0.1, 0.15) is 6.54 Å². The van der Waals surface area contributed by atoms with Gasteiger partial charge in [0, 0.05) is 23.9 Å². The first-order valence-corrected chi connectivity index (χ1v) is 11.1. The summed E-state index contributed by atoms with van der Waals surface area (Å²) in [4.78, 5) is 58.4. The van der Waals surface area contributed by atoms with Gasteiger partial charge in [0.15, 0.2) is 17.8 Å². The second-order valence-electron chi connectivity index (χ2n) is 7.69. The number of benzene rings is 2. The van der Waals surface area contributed by atoms with Gasteiger partial charge in [0.25, 0.3) is 11.5 Å². The van der Waals surface area contributed by atoms with Crippen LogP contribution in [0.25, 0.3) is 11.2 Å². The Morgan fingerprint density at radius 2 is 1.59 bits per heavy atom. The number of aryl methyl sites for hydroxylation is 2. The molecule has 0 radical (unpaired) electrons. The minimum Gasteiger partial charge on any atom is -0.454 e. The van der Waals surface area contributed by atoms with Gasteiger partial charge < -0.3 is 9.30 Å². The standard InChI is InChI=1S/C23H19N5O5S/c1-25-13-24-21-20(25)22(31)27(23(32)26(21)2)11-19(30)33-12-18(29)28-14-7-3-5-9-16(14)34-17-10-6-4-8-15(17)28/h3-10,13H,11-12H2,1-2H3. The van der Waals surface area contributed by atoms with Gasteiger partial charge in [0.2, 0.25) is 0 Å². The number of imidazole rings is 1. The molecule has 0 spiro atoms. The predicted molar refractivity (Wildman–Crippen MR) is 125 cm³/mol. The van der Waals surface area contributed by atoms with E-state index in [1.807, 2.05) is 48.5 Å². The van der Waals surface area contributed by atoms with E-state index in [0.717, 1.165) is 14.4 Å². The molecule has 1 aliphatic heterocycles. The fraction of sp³-hybridized carbons (Fsp3) is 0.174. The van der Waals surface area contributed by atoms with Gasteiger partial charge in [0.05, 0.1) is 17.7 Å². The first-order valence-electron chi connectivity index (χ1n) is 10.3. The first-order chi connectivity index (χ1) is 16.4. The topological polar surface area (TPSA) is 108 Å². The summed E-state index contributed by atoms with van der Waals surface area (Å²) in [6, 6.07) is 14.9. The van der Waals surface area contributed by atoms with E-state index in [4.69, 9.17) is 4.74 Å². The molecule has 0 fully saturated rings. The average Bonchev–Trinajstić information content (AvgIpc) is 3.23. The van der Waals surface area contributed by atoms with Crippen molar-refractivity contribution in [3.63, 3.8) is 0 Å². The number of ether oxygens (including phenoxy) is 1. The molecule has 0 bridgehead atoms. The van der Waals surface area contributed by atoms with Crippen LogP contribution in [0.15, 0.2) is 74.2 Å². The molecular weight excluding hydrogens is 458 g/mol. The van der Waals surface area contributed by atoms with Gasteiger partial charge in [-0.25, -0.2) is 14.3 Å². The van der Waals surface area contributed by atoms with Crippen LogP contribution in [0.3, 0.4) is 0 Å². The highest BCUT2D eigenvalue weighted by molar-refractivity contribution is 7.99. The third-order valence-electron chi connectivity index (χ3n) is 5.53. The quantitative estimate of drug-likeness (QED) is 0.413. The van der Waals surface area contributed by atoms with Crippen molar-refractivity contribution in [3.8, 4) is 0 Å². The van der Waals surface area contributed by atoms with Gasteiger partial charge >= 0.3 is 11.7 Å². The van der Waals surface area contributed by atoms with E-state index < -0.39 is 36.3 Å². The summed E-state index contributed by atoms with van der Waals surface area (Å²) in [5, 5.41) is 0. The number of rotatable bonds is 4. The second-order valence-corrected chi connectivity index (χ2v) is 8.77. The van der Waals surface area contributed by atoms with E-state index in [1.54, 1.807) is 18.8 Å². The van der Waals surface area contributed by atoms with E-state index >= 15 is 0 Å². The molecule has 5 rings (SSSR count). The molecule has 1 amide bonds. The van der Waals surface area contributed by atoms with Crippen LogP contribution in [-0.4, -0.2) is 37.2 Å². The Kier molecular flexibility index (Phi) is 5.33. The Bertz CT molecular complexity index is 1540. The number of hydrogen-bond donors (Lipinski definition) is 0. The normalized spacial score (nSPS) is 12.4. The lowest BCUT2D eigenvalue weighted by atomic mass is 10.2. The number of fused-ring (bicyclic) bond motifs is 3. The molecule has 0 unspecified atom stereocenters. The van der Waals surface area contributed by atoms with Crippen LogP contribution >= 0.6 is 11.8 Å². The summed E-state index contributed by atoms with van der Waals surface area (Å²) in [6.45, 7) is -1.17. The van der Waals surface area contributed by atoms with E-state index in [0.29, 0.717) is 11.4 Å². The van der Waals surface area contributed by atoms with Crippen LogP contribution < -0.4 is 16.1 Å². The molecule has 0 saturated carbocycles. The molecule has 2 aromatic carbocycles. The van der Waals surface area contributed by atoms with Crippen LogP contribution in [0.4, 0.5) is 11.4 Å². The van der Waals surface area contributed by atoms with Crippen molar-refractivity contribution in [1.82, 2.24) is 18.7 Å². The molecule has 11 heteroatoms. The highest BCUT2D eigenvalue weighted by atomic mass is 32.2. The highest BCUT2D eigenvalue weighted by Gasteiger charge is 2.28. The number of anilines is 2. The Labute approximate surface area is 197 Å². The zero-order valence-electron chi connectivity index (χ0n) is 18.3. The van der Waals surface area contributed by atoms with Crippen LogP contribution in [0.2, 0.25) is 0 Å². The number of carbonyl (C=O) groups excluding carboxylic acids is 2. The average molecular weight is 478 g/mol. The number of nitrogens with zero attached hydrogens (tertiary/aromatic N) is 5. The minimum absolute atomic E-state index is 0.185. The van der Waals surface area contributed by atoms with Crippen molar-refractivity contribution in [2.75, 3.05) is 11.5 Å². The Morgan fingerprint density at radius 3 is 2.24 bits per heavy atom. The molecule has 0 saturated heterocycles. The fourth-order valence-corrected chi connectivity index (χ4v) is 4.95. The number of carbonyl (C=O) groups is 2. The molecule has 0 N–H and O–H groups in total. The Morgan fingerprint density at radius 1 is 0.971 bits per heavy atom. The zero-order valence-corrected chi connectivity index (χ0v) is 19.1. The minimum atomic E-state index is -0.873. The van der Waals surface area contributed by atoms with Crippen molar-refractivity contribution < 1.29 is 14.3 Å². The van der Waals surface area contributed by atoms with Crippen molar-refractivity contribution >= 4 is 46.2 Å². The number of esters is 1. The molecular formula is C23H19N5O5S. The van der Waals surface area contributed by atoms with Crippen LogP contribution in [0.1, 0.15) is 0 Å². The van der Waals surface area contributed by atoms with Gasteiger partial charge in [-0.2, -0.15) is 0 Å². The van der Waals surface area contributed by atoms with Crippen LogP contribution in [-0.2, 0) is 35.0 Å². The molecule has 4 aromatic rings. The zero-order chi connectivity index (χ0) is 24.0. The predicted octanol–water partition coefficient (Wildman–Crippen LogP) is 1.81. The number of amides is 1. The van der Waals surface area contributed by atoms with Gasteiger partial charge in [-0.1, -0.05) is 36.0 Å². The van der Waals surface area contributed by atoms with E-state index in [2.05, 4.69) is 4.98 Å². The fourth-order valence-electron chi connectivity index (χ4n) is 3.89. The summed E-state index contributed by atoms with van der Waals surface area (Å²) in [6.07, 6.45) is 1.42. The van der Waals surface area contributed by atoms with Crippen LogP contribution in [0, 0.1) is 0 Å². The second kappa shape index (κ2) is 8.34. The SMILES string of the molecule is Cn1cnc2c1c(=O)n(CC(=O)OCC(=O)N1c3ccccc3Sc3ccccc31)c(=O)n2C. The largest absolute Gasteiger partial charge is 0.454 e. The molecule has 0 atom stereocenters. The molecule has 172 valence electrons. The van der Waals surface area contributed by atoms with Gasteiger partial charge in [-0.15, -0.1) is 0 Å². The summed E-state index contributed by atoms with van der Waals surface area (Å²) >= 11 is 1.55. The highest BCUT2D eigenvalue weighted by Crippen LogP contribution is 2.47. The van der Waals surface area contributed by atoms with E-state index in [9.17, 15) is 19.2 Å². The van der Waals surface area contributed by atoms with Gasteiger partial charge in [-0.3, -0.25) is 23.9 Å². The van der Waals surface area contributed by atoms with Crippen molar-refractivity contribution in [2.24, 2.45) is 14.1 Å². The molecule has 1 aliphatic rings. The monoisotopic (exact) mass is 477 g/mol. The lowest BCUT2D eigenvalue weighted by Crippen LogP contribution is -2.42. The van der Waals surface area contributed by atoms with E-state index in [-0.39, 0.29) is 11.2 Å². The van der Waals surface area contributed by atoms with Crippen LogP contribution in [0.5, 0.6) is 0 Å². The molecule has 2 aromatic heterocycles. The summed E-state index contributed by atoms with van der Waals surface area (Å²) in [5.74, 6) is -1.32. The summed E-state index contributed by atoms with van der Waals surface area (Å²) < 4.78 is 8.64. The smallest absolute Gasteiger partial charge is 0.333 e. The third-order valence-corrected chi connectivity index (χ3v) is 6.66. The number of hydrogen-bond acceptors (Lipinski definition) is 7. The molecule has 10 nitrogen and oxygen atoms in total. The Hall–Kier alpha value is -4.12. The lowest BCUT2D eigenvalue weighted by molar-refractivity contribution is -0.148. The third kappa shape index (κ3) is 3.50.